The molecule has 0 radical (unpaired) electrons. The summed E-state index contributed by atoms with van der Waals surface area (Å²) in [6, 6.07) is 6.33. The Labute approximate surface area is 136 Å². The quantitative estimate of drug-likeness (QED) is 0.880. The lowest BCUT2D eigenvalue weighted by Crippen LogP contribution is -2.36. The van der Waals surface area contributed by atoms with Crippen LogP contribution in [0, 0.1) is 0 Å². The highest BCUT2D eigenvalue weighted by Gasteiger charge is 2.21. The number of carbonyl (C=O) groups excluding carboxylic acids is 2. The monoisotopic (exact) mass is 339 g/mol. The predicted molar refractivity (Wildman–Crippen MR) is 87.7 cm³/mol. The van der Waals surface area contributed by atoms with Crippen LogP contribution in [0.1, 0.15) is 23.7 Å². The van der Waals surface area contributed by atoms with Crippen LogP contribution >= 0.6 is 0 Å². The molecule has 1 N–H and O–H groups in total. The number of hydrogen-bond donors (Lipinski definition) is 1. The van der Waals surface area contributed by atoms with Crippen LogP contribution < -0.4 is 4.72 Å². The molecule has 7 nitrogen and oxygen atoms in total. The topological polar surface area (TPSA) is 86.8 Å². The Morgan fingerprint density at radius 3 is 2.13 bits per heavy atom. The van der Waals surface area contributed by atoms with Gasteiger partial charge < -0.3 is 9.80 Å². The fourth-order valence-electron chi connectivity index (χ4n) is 2.51. The number of carbonyl (C=O) groups is 2. The second-order valence-electron chi connectivity index (χ2n) is 5.60. The van der Waals surface area contributed by atoms with Gasteiger partial charge in [-0.3, -0.25) is 14.3 Å². The van der Waals surface area contributed by atoms with Crippen LogP contribution in [-0.4, -0.2) is 62.5 Å². The molecule has 1 heterocycles. The maximum absolute atomic E-state index is 12.5. The standard InChI is InChI=1S/C15H21N3O4S/c1-12(19)17-8-3-9-18(11-10-17)15(20)13-4-6-14(7-5-13)16-23(2,21)22/h4-7,16H,3,8-11H2,1-2H3. The number of nitrogens with zero attached hydrogens (tertiary/aromatic N) is 2. The Morgan fingerprint density at radius 2 is 1.57 bits per heavy atom. The minimum atomic E-state index is -3.33. The molecule has 23 heavy (non-hydrogen) atoms. The van der Waals surface area contributed by atoms with Crippen molar-refractivity contribution in [1.29, 1.82) is 0 Å². The van der Waals surface area contributed by atoms with E-state index in [2.05, 4.69) is 4.72 Å². The Kier molecular flexibility index (Phi) is 5.25. The minimum Gasteiger partial charge on any atom is -0.341 e. The van der Waals surface area contributed by atoms with Gasteiger partial charge in [0.05, 0.1) is 6.26 Å². The third kappa shape index (κ3) is 4.95. The van der Waals surface area contributed by atoms with Crippen molar-refractivity contribution < 1.29 is 18.0 Å². The first-order valence-corrected chi connectivity index (χ1v) is 9.28. The molecule has 2 amide bonds. The summed E-state index contributed by atoms with van der Waals surface area (Å²) in [5.41, 5.74) is 0.919. The van der Waals surface area contributed by atoms with Gasteiger partial charge in [0.1, 0.15) is 0 Å². The molecule has 0 aromatic heterocycles. The Bertz CT molecular complexity index is 685. The average molecular weight is 339 g/mol. The first-order chi connectivity index (χ1) is 10.8. The Morgan fingerprint density at radius 1 is 1.00 bits per heavy atom. The van der Waals surface area contributed by atoms with Crippen LogP contribution in [0.5, 0.6) is 0 Å². The molecule has 1 aromatic carbocycles. The van der Waals surface area contributed by atoms with Crippen LogP contribution in [0.2, 0.25) is 0 Å². The third-order valence-corrected chi connectivity index (χ3v) is 4.27. The van der Waals surface area contributed by atoms with Crippen LogP contribution in [0.3, 0.4) is 0 Å². The SMILES string of the molecule is CC(=O)N1CCCN(C(=O)c2ccc(NS(C)(=O)=O)cc2)CC1. The van der Waals surface area contributed by atoms with Crippen LogP contribution in [0.4, 0.5) is 5.69 Å². The molecule has 0 saturated carbocycles. The normalized spacial score (nSPS) is 15.9. The highest BCUT2D eigenvalue weighted by Crippen LogP contribution is 2.14. The lowest BCUT2D eigenvalue weighted by molar-refractivity contribution is -0.128. The number of nitrogens with one attached hydrogen (secondary N) is 1. The Hall–Kier alpha value is -2.09. The summed E-state index contributed by atoms with van der Waals surface area (Å²) in [6.45, 7) is 3.84. The summed E-state index contributed by atoms with van der Waals surface area (Å²) in [4.78, 5) is 27.4. The van der Waals surface area contributed by atoms with Crippen LogP contribution in [0.15, 0.2) is 24.3 Å². The summed E-state index contributed by atoms with van der Waals surface area (Å²) < 4.78 is 24.7. The van der Waals surface area contributed by atoms with E-state index in [1.54, 1.807) is 34.1 Å². The second-order valence-corrected chi connectivity index (χ2v) is 7.35. The summed E-state index contributed by atoms with van der Waals surface area (Å²) >= 11 is 0. The molecule has 126 valence electrons. The highest BCUT2D eigenvalue weighted by atomic mass is 32.2. The van der Waals surface area contributed by atoms with Gasteiger partial charge in [-0.1, -0.05) is 0 Å². The molecule has 8 heteroatoms. The zero-order chi connectivity index (χ0) is 17.0. The summed E-state index contributed by atoms with van der Waals surface area (Å²) in [6.07, 6.45) is 1.82. The van der Waals surface area contributed by atoms with E-state index in [-0.39, 0.29) is 11.8 Å². The van der Waals surface area contributed by atoms with Crippen molar-refractivity contribution in [2.75, 3.05) is 37.2 Å². The number of rotatable bonds is 3. The molecule has 2 rings (SSSR count). The molecule has 0 spiro atoms. The van der Waals surface area contributed by atoms with E-state index in [4.69, 9.17) is 0 Å². The van der Waals surface area contributed by atoms with Gasteiger partial charge >= 0.3 is 0 Å². The molecule has 1 aliphatic heterocycles. The van der Waals surface area contributed by atoms with Crippen LogP contribution in [-0.2, 0) is 14.8 Å². The van der Waals surface area contributed by atoms with E-state index in [9.17, 15) is 18.0 Å². The second kappa shape index (κ2) is 6.99. The number of benzene rings is 1. The molecule has 1 aromatic rings. The van der Waals surface area contributed by atoms with E-state index in [1.807, 2.05) is 0 Å². The number of hydrogen-bond acceptors (Lipinski definition) is 4. The zero-order valence-electron chi connectivity index (χ0n) is 13.3. The molecule has 0 bridgehead atoms. The van der Waals surface area contributed by atoms with E-state index < -0.39 is 10.0 Å². The molecular weight excluding hydrogens is 318 g/mol. The van der Waals surface area contributed by atoms with Crippen molar-refractivity contribution in [3.63, 3.8) is 0 Å². The van der Waals surface area contributed by atoms with Crippen molar-refractivity contribution in [3.05, 3.63) is 29.8 Å². The first-order valence-electron chi connectivity index (χ1n) is 7.39. The maximum Gasteiger partial charge on any atom is 0.253 e. The van der Waals surface area contributed by atoms with E-state index >= 15 is 0 Å². The minimum absolute atomic E-state index is 0.0236. The van der Waals surface area contributed by atoms with Gasteiger partial charge in [-0.2, -0.15) is 0 Å². The van der Waals surface area contributed by atoms with Gasteiger partial charge in [-0.05, 0) is 30.7 Å². The number of anilines is 1. The molecule has 0 atom stereocenters. The van der Waals surface area contributed by atoms with Crippen molar-refractivity contribution >= 4 is 27.5 Å². The van der Waals surface area contributed by atoms with Crippen LogP contribution in [0.25, 0.3) is 0 Å². The molecule has 1 fully saturated rings. The molecular formula is C15H21N3O4S. The number of amides is 2. The fourth-order valence-corrected chi connectivity index (χ4v) is 3.08. The van der Waals surface area contributed by atoms with Crippen molar-refractivity contribution in [2.45, 2.75) is 13.3 Å². The predicted octanol–water partition coefficient (Wildman–Crippen LogP) is 0.752. The summed E-state index contributed by atoms with van der Waals surface area (Å²) in [5.74, 6) is -0.0863. The Balaban J connectivity index is 2.04. The number of sulfonamides is 1. The van der Waals surface area contributed by atoms with Gasteiger partial charge in [0, 0.05) is 44.4 Å². The highest BCUT2D eigenvalue weighted by molar-refractivity contribution is 7.92. The molecule has 0 aliphatic carbocycles. The smallest absolute Gasteiger partial charge is 0.253 e. The van der Waals surface area contributed by atoms with Crippen molar-refractivity contribution in [1.82, 2.24) is 9.80 Å². The molecule has 1 saturated heterocycles. The van der Waals surface area contributed by atoms with Crippen molar-refractivity contribution in [2.24, 2.45) is 0 Å². The van der Waals surface area contributed by atoms with E-state index in [1.165, 1.54) is 6.92 Å². The third-order valence-electron chi connectivity index (χ3n) is 3.66. The van der Waals surface area contributed by atoms with E-state index in [0.717, 1.165) is 12.7 Å². The fraction of sp³-hybridized carbons (Fsp3) is 0.467. The van der Waals surface area contributed by atoms with Gasteiger partial charge in [0.25, 0.3) is 5.91 Å². The van der Waals surface area contributed by atoms with Gasteiger partial charge in [0.15, 0.2) is 0 Å². The maximum atomic E-state index is 12.5. The largest absolute Gasteiger partial charge is 0.341 e. The average Bonchev–Trinajstić information content (AvgIpc) is 2.71. The zero-order valence-corrected chi connectivity index (χ0v) is 14.1. The lowest BCUT2D eigenvalue weighted by Gasteiger charge is -2.21. The molecule has 1 aliphatic rings. The lowest BCUT2D eigenvalue weighted by atomic mass is 10.2. The summed E-state index contributed by atoms with van der Waals surface area (Å²) in [7, 11) is -3.33. The van der Waals surface area contributed by atoms with Gasteiger partial charge in [-0.25, -0.2) is 8.42 Å². The van der Waals surface area contributed by atoms with Gasteiger partial charge in [-0.15, -0.1) is 0 Å². The summed E-state index contributed by atoms with van der Waals surface area (Å²) in [5, 5.41) is 0. The van der Waals surface area contributed by atoms with Gasteiger partial charge in [0.2, 0.25) is 15.9 Å². The first kappa shape index (κ1) is 17.3. The van der Waals surface area contributed by atoms with Crippen molar-refractivity contribution in [3.8, 4) is 0 Å². The molecule has 0 unspecified atom stereocenters. The van der Waals surface area contributed by atoms with E-state index in [0.29, 0.717) is 37.4 Å².